The second-order valence-electron chi connectivity index (χ2n) is 8.76. The van der Waals surface area contributed by atoms with Gasteiger partial charge in [-0.15, -0.1) is 0 Å². The Bertz CT molecular complexity index is 1140. The van der Waals surface area contributed by atoms with Gasteiger partial charge in [-0.05, 0) is 61.7 Å². The molecule has 0 radical (unpaired) electrons. The van der Waals surface area contributed by atoms with Gasteiger partial charge in [-0.25, -0.2) is 0 Å². The van der Waals surface area contributed by atoms with E-state index in [1.54, 1.807) is 12.3 Å². The van der Waals surface area contributed by atoms with Gasteiger partial charge in [0, 0.05) is 55.2 Å². The third-order valence-electron chi connectivity index (χ3n) is 5.91. The van der Waals surface area contributed by atoms with E-state index in [-0.39, 0.29) is 17.9 Å². The van der Waals surface area contributed by atoms with Crippen molar-refractivity contribution in [1.29, 1.82) is 0 Å². The molecule has 2 aromatic carbocycles. The average Bonchev–Trinajstić information content (AvgIpc) is 2.83. The Balaban J connectivity index is 1.63. The molecule has 4 rings (SSSR count). The molecule has 1 fully saturated rings. The second kappa shape index (κ2) is 9.96. The number of aryl methyl sites for hydroxylation is 2. The van der Waals surface area contributed by atoms with Crippen LogP contribution in [0.25, 0.3) is 11.1 Å². The predicted molar refractivity (Wildman–Crippen MR) is 130 cm³/mol. The van der Waals surface area contributed by atoms with Gasteiger partial charge in [0.05, 0.1) is 0 Å². The van der Waals surface area contributed by atoms with E-state index in [0.29, 0.717) is 30.8 Å². The predicted octanol–water partition coefficient (Wildman–Crippen LogP) is 3.73. The standard InChI is InChI=1S/C27H30N4O2/c1-18-4-8-22(9-5-18)23-12-24(26(32)30-16-21-7-6-19(2)29-15-21)14-25(13-23)27(33)31-11-10-28-20(3)17-31/h4-9,12-15,20,28H,10-11,16-17H2,1-3H3,(H,30,32). The SMILES string of the molecule is Cc1ccc(-c2cc(C(=O)NCc3ccc(C)nc3)cc(C(=O)N3CCNC(C)C3)c2)cc1. The Morgan fingerprint density at radius 3 is 2.48 bits per heavy atom. The van der Waals surface area contributed by atoms with Crippen molar-refractivity contribution in [2.24, 2.45) is 0 Å². The van der Waals surface area contributed by atoms with Crippen LogP contribution in [0.4, 0.5) is 0 Å². The topological polar surface area (TPSA) is 74.3 Å². The van der Waals surface area contributed by atoms with Gasteiger partial charge in [-0.3, -0.25) is 14.6 Å². The molecule has 1 aliphatic heterocycles. The van der Waals surface area contributed by atoms with Crippen molar-refractivity contribution in [3.8, 4) is 11.1 Å². The Morgan fingerprint density at radius 2 is 1.79 bits per heavy atom. The summed E-state index contributed by atoms with van der Waals surface area (Å²) in [6, 6.07) is 17.7. The number of hydrogen-bond donors (Lipinski definition) is 2. The number of carbonyl (C=O) groups excluding carboxylic acids is 2. The van der Waals surface area contributed by atoms with E-state index in [9.17, 15) is 9.59 Å². The first-order chi connectivity index (χ1) is 15.9. The van der Waals surface area contributed by atoms with Gasteiger partial charge in [0.2, 0.25) is 0 Å². The summed E-state index contributed by atoms with van der Waals surface area (Å²) in [7, 11) is 0. The van der Waals surface area contributed by atoms with Gasteiger partial charge >= 0.3 is 0 Å². The van der Waals surface area contributed by atoms with Crippen molar-refractivity contribution >= 4 is 11.8 Å². The van der Waals surface area contributed by atoms with Gasteiger partial charge in [0.25, 0.3) is 11.8 Å². The molecule has 2 amide bonds. The number of piperazine rings is 1. The molecular weight excluding hydrogens is 412 g/mol. The first-order valence-electron chi connectivity index (χ1n) is 11.3. The monoisotopic (exact) mass is 442 g/mol. The molecule has 2 heterocycles. The molecule has 0 saturated carbocycles. The van der Waals surface area contributed by atoms with Crippen LogP contribution in [0.2, 0.25) is 0 Å². The highest BCUT2D eigenvalue weighted by molar-refractivity contribution is 6.01. The van der Waals surface area contributed by atoms with E-state index in [1.165, 1.54) is 0 Å². The molecule has 6 nitrogen and oxygen atoms in total. The van der Waals surface area contributed by atoms with Gasteiger partial charge in [-0.2, -0.15) is 0 Å². The third kappa shape index (κ3) is 5.65. The molecular formula is C27H30N4O2. The number of nitrogens with one attached hydrogen (secondary N) is 2. The molecule has 33 heavy (non-hydrogen) atoms. The Hall–Kier alpha value is -3.51. The summed E-state index contributed by atoms with van der Waals surface area (Å²) in [5.41, 5.74) is 5.84. The zero-order valence-electron chi connectivity index (χ0n) is 19.4. The summed E-state index contributed by atoms with van der Waals surface area (Å²) in [6.45, 7) is 8.48. The molecule has 0 aliphatic carbocycles. The molecule has 2 N–H and O–H groups in total. The van der Waals surface area contributed by atoms with Crippen molar-refractivity contribution in [2.45, 2.75) is 33.4 Å². The van der Waals surface area contributed by atoms with Gasteiger partial charge in [0.15, 0.2) is 0 Å². The number of rotatable bonds is 5. The average molecular weight is 443 g/mol. The highest BCUT2D eigenvalue weighted by Crippen LogP contribution is 2.24. The van der Waals surface area contributed by atoms with Crippen LogP contribution in [-0.4, -0.2) is 47.4 Å². The van der Waals surface area contributed by atoms with Gasteiger partial charge < -0.3 is 15.5 Å². The fourth-order valence-corrected chi connectivity index (χ4v) is 3.98. The highest BCUT2D eigenvalue weighted by Gasteiger charge is 2.23. The minimum absolute atomic E-state index is 0.0471. The lowest BCUT2D eigenvalue weighted by molar-refractivity contribution is 0.0709. The molecule has 1 aromatic heterocycles. The van der Waals surface area contributed by atoms with Crippen LogP contribution in [0.1, 0.15) is 44.5 Å². The number of nitrogens with zero attached hydrogens (tertiary/aromatic N) is 2. The van der Waals surface area contributed by atoms with Crippen LogP contribution >= 0.6 is 0 Å². The zero-order chi connectivity index (χ0) is 23.4. The Labute approximate surface area is 195 Å². The number of pyridine rings is 1. The summed E-state index contributed by atoms with van der Waals surface area (Å²) in [5.74, 6) is -0.263. The summed E-state index contributed by atoms with van der Waals surface area (Å²) in [6.07, 6.45) is 1.76. The third-order valence-corrected chi connectivity index (χ3v) is 5.91. The van der Waals surface area contributed by atoms with E-state index in [2.05, 4.69) is 22.5 Å². The maximum absolute atomic E-state index is 13.3. The molecule has 1 atom stereocenters. The largest absolute Gasteiger partial charge is 0.348 e. The molecule has 170 valence electrons. The zero-order valence-corrected chi connectivity index (χ0v) is 19.4. The van der Waals surface area contributed by atoms with E-state index in [1.807, 2.05) is 67.3 Å². The van der Waals surface area contributed by atoms with E-state index in [4.69, 9.17) is 0 Å². The van der Waals surface area contributed by atoms with Crippen LogP contribution in [0.3, 0.4) is 0 Å². The molecule has 0 spiro atoms. The number of carbonyl (C=O) groups is 2. The van der Waals surface area contributed by atoms with Crippen LogP contribution in [-0.2, 0) is 6.54 Å². The summed E-state index contributed by atoms with van der Waals surface area (Å²) in [4.78, 5) is 32.5. The van der Waals surface area contributed by atoms with E-state index in [0.717, 1.165) is 34.5 Å². The molecule has 3 aromatic rings. The smallest absolute Gasteiger partial charge is 0.253 e. The minimum Gasteiger partial charge on any atom is -0.348 e. The van der Waals surface area contributed by atoms with E-state index >= 15 is 0 Å². The van der Waals surface area contributed by atoms with E-state index < -0.39 is 0 Å². The van der Waals surface area contributed by atoms with Crippen molar-refractivity contribution in [3.05, 3.63) is 88.7 Å². The van der Waals surface area contributed by atoms with Gasteiger partial charge in [-0.1, -0.05) is 35.9 Å². The Morgan fingerprint density at radius 1 is 1.03 bits per heavy atom. The molecule has 6 heteroatoms. The van der Waals surface area contributed by atoms with Crippen molar-refractivity contribution in [3.63, 3.8) is 0 Å². The van der Waals surface area contributed by atoms with Crippen LogP contribution in [0.15, 0.2) is 60.8 Å². The number of amides is 2. The lowest BCUT2D eigenvalue weighted by Gasteiger charge is -2.32. The van der Waals surface area contributed by atoms with Crippen LogP contribution in [0, 0.1) is 13.8 Å². The van der Waals surface area contributed by atoms with Crippen LogP contribution < -0.4 is 10.6 Å². The fourth-order valence-electron chi connectivity index (χ4n) is 3.98. The van der Waals surface area contributed by atoms with Crippen LogP contribution in [0.5, 0.6) is 0 Å². The summed E-state index contributed by atoms with van der Waals surface area (Å²) < 4.78 is 0. The molecule has 1 unspecified atom stereocenters. The lowest BCUT2D eigenvalue weighted by atomic mass is 9.97. The van der Waals surface area contributed by atoms with Crippen molar-refractivity contribution in [2.75, 3.05) is 19.6 Å². The maximum Gasteiger partial charge on any atom is 0.253 e. The fraction of sp³-hybridized carbons (Fsp3) is 0.296. The first kappa shape index (κ1) is 22.7. The maximum atomic E-state index is 13.3. The Kier molecular flexibility index (Phi) is 6.84. The normalized spacial score (nSPS) is 15.8. The highest BCUT2D eigenvalue weighted by atomic mass is 16.2. The minimum atomic E-state index is -0.215. The quantitative estimate of drug-likeness (QED) is 0.632. The van der Waals surface area contributed by atoms with Gasteiger partial charge in [0.1, 0.15) is 0 Å². The first-order valence-corrected chi connectivity index (χ1v) is 11.3. The number of benzene rings is 2. The lowest BCUT2D eigenvalue weighted by Crippen LogP contribution is -2.51. The second-order valence-corrected chi connectivity index (χ2v) is 8.76. The summed E-state index contributed by atoms with van der Waals surface area (Å²) >= 11 is 0. The molecule has 1 saturated heterocycles. The summed E-state index contributed by atoms with van der Waals surface area (Å²) in [5, 5.41) is 6.32. The van der Waals surface area contributed by atoms with Crippen molar-refractivity contribution in [1.82, 2.24) is 20.5 Å². The number of hydrogen-bond acceptors (Lipinski definition) is 4. The van der Waals surface area contributed by atoms with Crippen molar-refractivity contribution < 1.29 is 9.59 Å². The number of aromatic nitrogens is 1. The molecule has 1 aliphatic rings. The molecule has 0 bridgehead atoms.